The van der Waals surface area contributed by atoms with Crippen LogP contribution in [0, 0.1) is 0 Å². The monoisotopic (exact) mass is 449 g/mol. The van der Waals surface area contributed by atoms with Crippen molar-refractivity contribution in [3.63, 3.8) is 0 Å². The lowest BCUT2D eigenvalue weighted by molar-refractivity contribution is -0.169. The summed E-state index contributed by atoms with van der Waals surface area (Å²) in [5.41, 5.74) is 0. The van der Waals surface area contributed by atoms with Crippen molar-refractivity contribution in [2.24, 2.45) is 0 Å². The molecule has 0 fully saturated rings. The molecule has 0 heterocycles. The normalized spacial score (nSPS) is 7.00. The number of carbonyl (C=O) groups excluding carboxylic acids is 3. The Hall–Kier alpha value is -1.82. The fourth-order valence-corrected chi connectivity index (χ4v) is 0.580. The number of rotatable bonds is 6. The second kappa shape index (κ2) is 36.2. The molecule has 12 heteroatoms. The molecule has 0 saturated carbocycles. The molecule has 0 N–H and O–H groups in total. The Morgan fingerprint density at radius 3 is 1.36 bits per heavy atom. The van der Waals surface area contributed by atoms with Gasteiger partial charge in [-0.1, -0.05) is 59.4 Å². The lowest BCUT2D eigenvalue weighted by Gasteiger charge is -2.04. The number of carbonyl (C=O) groups is 3. The average Bonchev–Trinajstić information content (AvgIpc) is 2.26. The molecule has 0 amide bonds. The summed E-state index contributed by atoms with van der Waals surface area (Å²) in [5, 5.41) is 0. The van der Waals surface area contributed by atoms with E-state index in [1.807, 2.05) is 0 Å². The van der Waals surface area contributed by atoms with Crippen molar-refractivity contribution in [2.75, 3.05) is 20.1 Å². The lowest BCUT2D eigenvalue weighted by Crippen LogP contribution is -2.17. The van der Waals surface area contributed by atoms with Crippen LogP contribution in [0.25, 0.3) is 0 Å². The Kier molecular flexibility index (Phi) is 81.9. The van der Waals surface area contributed by atoms with Gasteiger partial charge in [-0.25, -0.2) is 17.6 Å². The molecule has 9 nitrogen and oxygen atoms in total. The zero-order chi connectivity index (χ0) is 16.2. The predicted molar refractivity (Wildman–Crippen MR) is 109 cm³/mol. The molecular formula is C16H43F2O9S-. The first-order chi connectivity index (χ1) is 9.10. The Morgan fingerprint density at radius 1 is 0.786 bits per heavy atom. The van der Waals surface area contributed by atoms with Crippen LogP contribution in [0.5, 0.6) is 0 Å². The second-order valence-electron chi connectivity index (χ2n) is 2.66. The van der Waals surface area contributed by atoms with Gasteiger partial charge in [0.25, 0.3) is 10.5 Å². The van der Waals surface area contributed by atoms with Crippen LogP contribution in [-0.2, 0) is 39.1 Å². The van der Waals surface area contributed by atoms with Crippen LogP contribution >= 0.6 is 0 Å². The molecule has 0 aliphatic carbocycles. The maximum absolute atomic E-state index is 11.5. The van der Waals surface area contributed by atoms with Gasteiger partial charge in [-0.15, -0.1) is 3.89 Å². The third kappa shape index (κ3) is 74.8. The van der Waals surface area contributed by atoms with Crippen LogP contribution in [0.4, 0.5) is 8.28 Å². The van der Waals surface area contributed by atoms with Crippen molar-refractivity contribution in [1.29, 1.82) is 0 Å². The first-order valence-electron chi connectivity index (χ1n) is 4.78. The maximum atomic E-state index is 11.5. The lowest BCUT2D eigenvalue weighted by atomic mass is 10.4. The van der Waals surface area contributed by atoms with Gasteiger partial charge in [-0.05, 0) is 6.92 Å². The molecule has 0 aliphatic heterocycles. The zero-order valence-corrected chi connectivity index (χ0v) is 11.0. The van der Waals surface area contributed by atoms with Crippen molar-refractivity contribution in [1.82, 2.24) is 0 Å². The van der Waals surface area contributed by atoms with Gasteiger partial charge < -0.3 is 18.8 Å². The minimum absolute atomic E-state index is 0. The third-order valence-electron chi connectivity index (χ3n) is 1.14. The molecule has 182 valence electrons. The first-order valence-corrected chi connectivity index (χ1v) is 6.09. The van der Waals surface area contributed by atoms with E-state index in [1.54, 1.807) is 6.92 Å². The van der Waals surface area contributed by atoms with Crippen LogP contribution in [0.15, 0.2) is 0 Å². The quantitative estimate of drug-likeness (QED) is 0.189. The summed E-state index contributed by atoms with van der Waals surface area (Å²) >= 11 is 0. The Labute approximate surface area is 171 Å². The van der Waals surface area contributed by atoms with Gasteiger partial charge in [0, 0.05) is 0 Å². The Morgan fingerprint density at radius 2 is 1.07 bits per heavy atom. The van der Waals surface area contributed by atoms with Gasteiger partial charge in [-0.3, -0.25) is 9.59 Å². The predicted octanol–water partition coefficient (Wildman–Crippen LogP) is 4.46. The first kappa shape index (κ1) is 63.4. The van der Waals surface area contributed by atoms with Crippen molar-refractivity contribution in [2.45, 2.75) is 72.8 Å². The van der Waals surface area contributed by atoms with Crippen LogP contribution in [0.1, 0.15) is 72.8 Å². The Balaban J connectivity index is -0.0000000281. The molecule has 0 rings (SSSR count). The van der Waals surface area contributed by atoms with E-state index in [0.29, 0.717) is 0 Å². The topological polar surface area (TPSA) is 136 Å². The number of ether oxygens (including phenoxy) is 3. The van der Waals surface area contributed by atoms with Crippen molar-refractivity contribution < 1.29 is 49.8 Å². The summed E-state index contributed by atoms with van der Waals surface area (Å²) in [5.74, 6) is -2.78. The van der Waals surface area contributed by atoms with E-state index in [0.717, 1.165) is 0 Å². The molecule has 0 aromatic rings. The second-order valence-corrected chi connectivity index (χ2v) is 3.45. The van der Waals surface area contributed by atoms with Gasteiger partial charge in [0.15, 0.2) is 6.67 Å². The highest BCUT2D eigenvalue weighted by Crippen LogP contribution is 1.91. The van der Waals surface area contributed by atoms with Crippen molar-refractivity contribution >= 4 is 28.4 Å². The minimum atomic E-state index is -5.42. The number of hydrogen-bond acceptors (Lipinski definition) is 9. The smallest absolute Gasteiger partial charge is 0.340 e. The van der Waals surface area contributed by atoms with Gasteiger partial charge in [-0.2, -0.15) is 0 Å². The third-order valence-corrected chi connectivity index (χ3v) is 1.14. The van der Waals surface area contributed by atoms with Crippen molar-refractivity contribution in [3.8, 4) is 0 Å². The molecule has 0 spiro atoms. The van der Waals surface area contributed by atoms with Gasteiger partial charge in [0.05, 0.1) is 6.61 Å². The summed E-state index contributed by atoms with van der Waals surface area (Å²) in [4.78, 5) is 31.7. The van der Waals surface area contributed by atoms with E-state index in [4.69, 9.17) is 13.0 Å². The largest absolute Gasteiger partial charge is 0.722 e. The molecule has 0 aromatic carbocycles. The van der Waals surface area contributed by atoms with Crippen LogP contribution in [-0.4, -0.2) is 51.0 Å². The van der Waals surface area contributed by atoms with Gasteiger partial charge >= 0.3 is 17.9 Å². The molecule has 0 aliphatic rings. The SMILES string of the molecule is C.C.C.C.C.C.C.C.CCOC(=O)CC(=O)OCOC(=O)CF.O=S(=O)([O-])F. The molecule has 0 unspecified atom stereocenters. The summed E-state index contributed by atoms with van der Waals surface area (Å²) in [6, 6.07) is 0. The molecule has 0 saturated heterocycles. The average molecular weight is 450 g/mol. The molecule has 0 radical (unpaired) electrons. The van der Waals surface area contributed by atoms with E-state index in [1.165, 1.54) is 0 Å². The molecule has 0 bridgehead atoms. The standard InChI is InChI=1S/C8H11FO6.8CH4.FHO3S/c1-2-13-6(10)3-7(11)14-5-15-8(12)4-9;;;;;;;;;1-5(2,3)4/h2-5H2,1H3;8*1H4;(H,2,3,4)/p-1. The van der Waals surface area contributed by atoms with Gasteiger partial charge in [0.1, 0.15) is 6.42 Å². The molecular weight excluding hydrogens is 406 g/mol. The zero-order valence-electron chi connectivity index (χ0n) is 10.2. The number of alkyl halides is 1. The van der Waals surface area contributed by atoms with E-state index in [2.05, 4.69) is 14.2 Å². The molecule has 0 aromatic heterocycles. The number of hydrogen-bond donors (Lipinski definition) is 0. The van der Waals surface area contributed by atoms with Crippen molar-refractivity contribution in [3.05, 3.63) is 0 Å². The number of esters is 3. The van der Waals surface area contributed by atoms with Crippen LogP contribution < -0.4 is 0 Å². The fraction of sp³-hybridized carbons (Fsp3) is 0.812. The maximum Gasteiger partial charge on any atom is 0.340 e. The van der Waals surface area contributed by atoms with E-state index in [9.17, 15) is 22.7 Å². The van der Waals surface area contributed by atoms with Crippen LogP contribution in [0.3, 0.4) is 0 Å². The highest BCUT2D eigenvalue weighted by molar-refractivity contribution is 7.80. The Bertz CT molecular complexity index is 420. The van der Waals surface area contributed by atoms with E-state index in [-0.39, 0.29) is 66.0 Å². The summed E-state index contributed by atoms with van der Waals surface area (Å²) in [6.07, 6.45) is -0.568. The summed E-state index contributed by atoms with van der Waals surface area (Å²) < 4.78 is 59.7. The summed E-state index contributed by atoms with van der Waals surface area (Å²) in [7, 11) is -5.42. The molecule has 28 heavy (non-hydrogen) atoms. The molecule has 0 atom stereocenters. The van der Waals surface area contributed by atoms with E-state index >= 15 is 0 Å². The highest BCUT2D eigenvalue weighted by atomic mass is 32.3. The summed E-state index contributed by atoms with van der Waals surface area (Å²) in [6.45, 7) is -0.258. The highest BCUT2D eigenvalue weighted by Gasteiger charge is 2.12. The van der Waals surface area contributed by atoms with Crippen LogP contribution in [0.2, 0.25) is 0 Å². The van der Waals surface area contributed by atoms with E-state index < -0.39 is 48.3 Å². The fourth-order valence-electron chi connectivity index (χ4n) is 0.580. The van der Waals surface area contributed by atoms with Gasteiger partial charge in [0.2, 0.25) is 6.79 Å². The minimum Gasteiger partial charge on any atom is -0.722 e. The number of halogens is 2.